The van der Waals surface area contributed by atoms with E-state index in [4.69, 9.17) is 0 Å². The van der Waals surface area contributed by atoms with E-state index < -0.39 is 0 Å². The topological polar surface area (TPSA) is 9.86 Å². The smallest absolute Gasteiger partial charge is 0.0548 e. The molecule has 0 unspecified atom stereocenters. The Labute approximate surface area is 256 Å². The van der Waals surface area contributed by atoms with Gasteiger partial charge >= 0.3 is 0 Å². The van der Waals surface area contributed by atoms with E-state index in [0.717, 1.165) is 12.8 Å². The van der Waals surface area contributed by atoms with Crippen LogP contribution < -0.4 is 0 Å². The molecule has 0 atom stereocenters. The predicted octanol–water partition coefficient (Wildman–Crippen LogP) is 11.0. The second-order valence-electron chi connectivity index (χ2n) is 11.6. The quantitative estimate of drug-likeness (QED) is 0.202. The van der Waals surface area contributed by atoms with Crippen LogP contribution in [0.1, 0.15) is 17.7 Å². The van der Waals surface area contributed by atoms with E-state index in [2.05, 4.69) is 167 Å². The van der Waals surface area contributed by atoms with Crippen molar-refractivity contribution in [2.45, 2.75) is 12.8 Å². The molecule has 8 aromatic rings. The summed E-state index contributed by atoms with van der Waals surface area (Å²) in [6.45, 7) is 0. The summed E-state index contributed by atoms with van der Waals surface area (Å²) in [5, 5.41) is 3.96. The molecule has 1 aliphatic rings. The van der Waals surface area contributed by atoms with Gasteiger partial charge in [0, 0.05) is 38.7 Å². The number of rotatable bonds is 4. The van der Waals surface area contributed by atoms with Gasteiger partial charge in [-0.05, 0) is 65.9 Å². The fourth-order valence-electron chi connectivity index (χ4n) is 7.28. The minimum atomic E-state index is 1.01. The first-order valence-electron chi connectivity index (χ1n) is 15.4. The summed E-state index contributed by atoms with van der Waals surface area (Å²) < 4.78 is 4.96. The van der Waals surface area contributed by atoms with Gasteiger partial charge < -0.3 is 9.13 Å². The SMILES string of the molecule is C1=Cc2c(n(-c3ccccc3-c3ccc(-c4ccccc4)cc3)c3ccc4c(c5ccccc5n4-c4ccccc4)c23)CC1. The van der Waals surface area contributed by atoms with Gasteiger partial charge in [0.1, 0.15) is 0 Å². The molecule has 2 heterocycles. The van der Waals surface area contributed by atoms with Crippen molar-refractivity contribution in [2.75, 3.05) is 0 Å². The molecule has 0 radical (unpaired) electrons. The Morgan fingerprint density at radius 2 is 1.09 bits per heavy atom. The van der Waals surface area contributed by atoms with Gasteiger partial charge in [0.2, 0.25) is 0 Å². The van der Waals surface area contributed by atoms with Crippen LogP contribution in [0.3, 0.4) is 0 Å². The minimum absolute atomic E-state index is 1.01. The van der Waals surface area contributed by atoms with Crippen molar-refractivity contribution in [2.24, 2.45) is 0 Å². The molecule has 0 bridgehead atoms. The number of benzene rings is 6. The maximum absolute atomic E-state index is 2.54. The van der Waals surface area contributed by atoms with Crippen LogP contribution >= 0.6 is 0 Å². The van der Waals surface area contributed by atoms with Crippen LogP contribution in [-0.2, 0) is 6.42 Å². The predicted molar refractivity (Wildman–Crippen MR) is 186 cm³/mol. The van der Waals surface area contributed by atoms with Crippen LogP contribution in [0.4, 0.5) is 0 Å². The summed E-state index contributed by atoms with van der Waals surface area (Å²) in [6.07, 6.45) is 6.77. The molecule has 6 aromatic carbocycles. The first-order valence-corrected chi connectivity index (χ1v) is 15.4. The highest BCUT2D eigenvalue weighted by Crippen LogP contribution is 2.44. The van der Waals surface area contributed by atoms with Crippen molar-refractivity contribution in [3.8, 4) is 33.6 Å². The van der Waals surface area contributed by atoms with E-state index in [1.807, 2.05) is 0 Å². The highest BCUT2D eigenvalue weighted by molar-refractivity contribution is 6.23. The van der Waals surface area contributed by atoms with Gasteiger partial charge in [-0.2, -0.15) is 0 Å². The van der Waals surface area contributed by atoms with Gasteiger partial charge in [-0.25, -0.2) is 0 Å². The minimum Gasteiger partial charge on any atom is -0.312 e. The summed E-state index contributed by atoms with van der Waals surface area (Å²) in [7, 11) is 0. The lowest BCUT2D eigenvalue weighted by Crippen LogP contribution is -2.04. The molecule has 0 amide bonds. The fraction of sp³-hybridized carbons (Fsp3) is 0.0476. The van der Waals surface area contributed by atoms with Crippen LogP contribution in [0.5, 0.6) is 0 Å². The van der Waals surface area contributed by atoms with Crippen LogP contribution in [-0.4, -0.2) is 9.13 Å². The Hall–Kier alpha value is -5.60. The van der Waals surface area contributed by atoms with Gasteiger partial charge in [0.25, 0.3) is 0 Å². The van der Waals surface area contributed by atoms with E-state index in [-0.39, 0.29) is 0 Å². The molecule has 208 valence electrons. The van der Waals surface area contributed by atoms with Crippen molar-refractivity contribution >= 4 is 38.8 Å². The zero-order valence-corrected chi connectivity index (χ0v) is 24.3. The maximum Gasteiger partial charge on any atom is 0.0548 e. The molecule has 9 rings (SSSR count). The van der Waals surface area contributed by atoms with E-state index in [9.17, 15) is 0 Å². The second kappa shape index (κ2) is 10.00. The Morgan fingerprint density at radius 3 is 1.91 bits per heavy atom. The van der Waals surface area contributed by atoms with Crippen molar-refractivity contribution in [1.82, 2.24) is 9.13 Å². The molecular formula is C42H30N2. The standard InChI is InChI=1S/C42H30N2/c1-3-13-29(14-4-1)30-23-25-31(26-24-30)33-17-7-10-20-36(33)44-38-22-12-9-19-35(38)42-40(44)28-27-39-41(42)34-18-8-11-21-37(34)43(39)32-15-5-2-6-16-32/h1-11,13-21,23-28H,12,22H2. The summed E-state index contributed by atoms with van der Waals surface area (Å²) >= 11 is 0. The number of para-hydroxylation sites is 3. The summed E-state index contributed by atoms with van der Waals surface area (Å²) in [4.78, 5) is 0. The van der Waals surface area contributed by atoms with Crippen LogP contribution in [0.25, 0.3) is 72.4 Å². The molecule has 2 nitrogen and oxygen atoms in total. The van der Waals surface area contributed by atoms with Gasteiger partial charge in [0.15, 0.2) is 0 Å². The molecule has 2 aromatic heterocycles. The number of hydrogen-bond donors (Lipinski definition) is 0. The number of aromatic nitrogens is 2. The zero-order valence-electron chi connectivity index (χ0n) is 24.3. The normalized spacial score (nSPS) is 12.7. The zero-order chi connectivity index (χ0) is 29.0. The summed E-state index contributed by atoms with van der Waals surface area (Å²) in [6, 6.07) is 52.8. The Kier molecular flexibility index (Phi) is 5.67. The molecule has 0 aliphatic heterocycles. The number of fused-ring (bicyclic) bond motifs is 7. The van der Waals surface area contributed by atoms with Gasteiger partial charge in [-0.15, -0.1) is 0 Å². The molecule has 44 heavy (non-hydrogen) atoms. The van der Waals surface area contributed by atoms with E-state index in [1.165, 1.54) is 77.6 Å². The third-order valence-electron chi connectivity index (χ3n) is 9.20. The molecule has 1 aliphatic carbocycles. The lowest BCUT2D eigenvalue weighted by atomic mass is 9.98. The maximum atomic E-state index is 2.54. The van der Waals surface area contributed by atoms with Crippen molar-refractivity contribution in [3.63, 3.8) is 0 Å². The van der Waals surface area contributed by atoms with E-state index in [0.29, 0.717) is 0 Å². The van der Waals surface area contributed by atoms with Gasteiger partial charge in [-0.3, -0.25) is 0 Å². The number of nitrogens with zero attached hydrogens (tertiary/aromatic N) is 2. The second-order valence-corrected chi connectivity index (χ2v) is 11.6. The molecule has 0 N–H and O–H groups in total. The third kappa shape index (κ3) is 3.74. The average Bonchev–Trinajstić information content (AvgIpc) is 3.62. The third-order valence-corrected chi connectivity index (χ3v) is 9.20. The summed E-state index contributed by atoms with van der Waals surface area (Å²) in [5.41, 5.74) is 13.8. The molecule has 2 heteroatoms. The van der Waals surface area contributed by atoms with Crippen molar-refractivity contribution in [1.29, 1.82) is 0 Å². The Balaban J connectivity index is 1.32. The van der Waals surface area contributed by atoms with E-state index >= 15 is 0 Å². The van der Waals surface area contributed by atoms with Crippen molar-refractivity contribution in [3.05, 3.63) is 163 Å². The van der Waals surface area contributed by atoms with Crippen LogP contribution in [0, 0.1) is 0 Å². The Morgan fingerprint density at radius 1 is 0.455 bits per heavy atom. The van der Waals surface area contributed by atoms with Gasteiger partial charge in [0.05, 0.1) is 22.2 Å². The molecule has 0 saturated heterocycles. The first kappa shape index (κ1) is 24.9. The number of hydrogen-bond acceptors (Lipinski definition) is 0. The highest BCUT2D eigenvalue weighted by Gasteiger charge is 2.24. The highest BCUT2D eigenvalue weighted by atomic mass is 15.0. The van der Waals surface area contributed by atoms with E-state index in [1.54, 1.807) is 0 Å². The number of allylic oxidation sites excluding steroid dienone is 1. The summed E-state index contributed by atoms with van der Waals surface area (Å²) in [5.74, 6) is 0. The largest absolute Gasteiger partial charge is 0.312 e. The van der Waals surface area contributed by atoms with Crippen molar-refractivity contribution < 1.29 is 0 Å². The molecule has 0 fully saturated rings. The first-order chi connectivity index (χ1) is 21.9. The fourth-order valence-corrected chi connectivity index (χ4v) is 7.28. The average molecular weight is 563 g/mol. The monoisotopic (exact) mass is 562 g/mol. The lowest BCUT2D eigenvalue weighted by Gasteiger charge is -2.17. The molecular weight excluding hydrogens is 532 g/mol. The van der Waals surface area contributed by atoms with Crippen LogP contribution in [0.2, 0.25) is 0 Å². The van der Waals surface area contributed by atoms with Gasteiger partial charge in [-0.1, -0.05) is 121 Å². The molecule has 0 saturated carbocycles. The lowest BCUT2D eigenvalue weighted by molar-refractivity contribution is 0.889. The Bertz CT molecular complexity index is 2350. The molecule has 0 spiro atoms. The van der Waals surface area contributed by atoms with Crippen LogP contribution in [0.15, 0.2) is 152 Å².